The van der Waals surface area contributed by atoms with E-state index in [1.54, 1.807) is 0 Å². The number of halogens is 5. The van der Waals surface area contributed by atoms with E-state index in [0.29, 0.717) is 0 Å². The fraction of sp³-hybridized carbons (Fsp3) is 0. The highest BCUT2D eigenvalue weighted by Crippen LogP contribution is 2.29. The van der Waals surface area contributed by atoms with Crippen molar-refractivity contribution in [3.8, 4) is 0 Å². The Kier molecular flexibility index (Phi) is 4.19. The molecule has 16 heavy (non-hydrogen) atoms. The van der Waals surface area contributed by atoms with Gasteiger partial charge in [-0.1, -0.05) is 27.4 Å². The maximum atomic E-state index is 13.1. The van der Waals surface area contributed by atoms with Crippen LogP contribution in [0, 0.1) is 0 Å². The molecule has 1 unspecified atom stereocenters. The van der Waals surface area contributed by atoms with Crippen molar-refractivity contribution in [3.63, 3.8) is 0 Å². The van der Waals surface area contributed by atoms with Crippen molar-refractivity contribution in [3.05, 3.63) is 47.0 Å². The monoisotopic (exact) mass is 252 g/mol. The molecule has 0 spiro atoms. The van der Waals surface area contributed by atoms with Gasteiger partial charge < -0.3 is 0 Å². The first kappa shape index (κ1) is 12.8. The van der Waals surface area contributed by atoms with E-state index in [2.05, 4.69) is 0 Å². The lowest BCUT2D eigenvalue weighted by Crippen LogP contribution is -1.84. The van der Waals surface area contributed by atoms with Gasteiger partial charge in [0, 0.05) is 11.1 Å². The van der Waals surface area contributed by atoms with Gasteiger partial charge in [0.25, 0.3) is 0 Å². The summed E-state index contributed by atoms with van der Waals surface area (Å²) in [6.45, 7) is 0. The molecule has 1 aromatic rings. The van der Waals surface area contributed by atoms with Crippen molar-refractivity contribution in [2.24, 2.45) is 0 Å². The average molecular weight is 252 g/mol. The second-order valence-electron chi connectivity index (χ2n) is 2.82. The molecule has 0 aliphatic carbocycles. The molecular weight excluding hydrogens is 246 g/mol. The standard InChI is InChI=1S/C10H6F5P/c11-7(9(13)14)5-2-1-3-6(4-5)8(12)10(15)16/h1-4H,16H2/b10-8+. The maximum absolute atomic E-state index is 13.1. The van der Waals surface area contributed by atoms with E-state index in [0.717, 1.165) is 24.3 Å². The Morgan fingerprint density at radius 1 is 0.875 bits per heavy atom. The van der Waals surface area contributed by atoms with Gasteiger partial charge in [0.15, 0.2) is 17.2 Å². The van der Waals surface area contributed by atoms with E-state index in [1.165, 1.54) is 9.24 Å². The summed E-state index contributed by atoms with van der Waals surface area (Å²) in [6, 6.07) is 4.13. The molecule has 0 aromatic heterocycles. The number of benzene rings is 1. The largest absolute Gasteiger partial charge is 0.306 e. The fourth-order valence-corrected chi connectivity index (χ4v) is 1.21. The Hall–Kier alpha value is -1.22. The molecule has 0 fully saturated rings. The molecule has 0 aliphatic rings. The molecule has 0 nitrogen and oxygen atoms in total. The minimum atomic E-state index is -2.51. The van der Waals surface area contributed by atoms with Gasteiger partial charge in [-0.3, -0.25) is 0 Å². The van der Waals surface area contributed by atoms with Gasteiger partial charge in [0.1, 0.15) is 0 Å². The van der Waals surface area contributed by atoms with Crippen molar-refractivity contribution in [2.45, 2.75) is 0 Å². The summed E-state index contributed by atoms with van der Waals surface area (Å²) in [5.74, 6) is -2.99. The van der Waals surface area contributed by atoms with E-state index in [4.69, 9.17) is 0 Å². The second-order valence-corrected chi connectivity index (χ2v) is 3.32. The van der Waals surface area contributed by atoms with Crippen LogP contribution in [0.5, 0.6) is 0 Å². The van der Waals surface area contributed by atoms with Crippen LogP contribution in [-0.4, -0.2) is 0 Å². The van der Waals surface area contributed by atoms with Crippen LogP contribution in [0.25, 0.3) is 11.7 Å². The summed E-state index contributed by atoms with van der Waals surface area (Å²) >= 11 is 0. The molecule has 0 N–H and O–H groups in total. The lowest BCUT2D eigenvalue weighted by atomic mass is 10.1. The molecule has 0 bridgehead atoms. The van der Waals surface area contributed by atoms with Crippen LogP contribution < -0.4 is 0 Å². The first-order chi connectivity index (χ1) is 7.43. The molecule has 0 saturated carbocycles. The molecule has 1 aromatic carbocycles. The summed E-state index contributed by atoms with van der Waals surface area (Å²) in [5, 5.41) is 0. The Bertz CT molecular complexity index is 417. The zero-order valence-corrected chi connectivity index (χ0v) is 8.93. The number of hydrogen-bond acceptors (Lipinski definition) is 0. The Morgan fingerprint density at radius 3 is 1.81 bits per heavy atom. The minimum absolute atomic E-state index is 0.304. The summed E-state index contributed by atoms with van der Waals surface area (Å²) in [7, 11) is 1.49. The summed E-state index contributed by atoms with van der Waals surface area (Å²) < 4.78 is 62.2. The first-order valence-electron chi connectivity index (χ1n) is 4.05. The normalized spacial score (nSPS) is 12.1. The van der Waals surface area contributed by atoms with Crippen molar-refractivity contribution in [1.82, 2.24) is 0 Å². The Balaban J connectivity index is 3.26. The molecule has 0 amide bonds. The smallest absolute Gasteiger partial charge is 0.204 e. The van der Waals surface area contributed by atoms with E-state index in [9.17, 15) is 22.0 Å². The Labute approximate surface area is 90.7 Å². The van der Waals surface area contributed by atoms with Gasteiger partial charge in [-0.2, -0.15) is 8.78 Å². The number of rotatable bonds is 2. The highest BCUT2D eigenvalue weighted by atomic mass is 31.0. The van der Waals surface area contributed by atoms with E-state index in [1.807, 2.05) is 0 Å². The van der Waals surface area contributed by atoms with E-state index >= 15 is 0 Å². The topological polar surface area (TPSA) is 0 Å². The SMILES string of the molecule is FC(F)=C(F)c1cccc(/C(F)=C(/F)P)c1. The van der Waals surface area contributed by atoms with Crippen molar-refractivity contribution >= 4 is 20.9 Å². The van der Waals surface area contributed by atoms with Crippen LogP contribution in [0.1, 0.15) is 11.1 Å². The predicted molar refractivity (Wildman–Crippen MR) is 55.5 cm³/mol. The van der Waals surface area contributed by atoms with Crippen molar-refractivity contribution < 1.29 is 22.0 Å². The lowest BCUT2D eigenvalue weighted by molar-refractivity contribution is 0.410. The zero-order valence-electron chi connectivity index (χ0n) is 7.78. The van der Waals surface area contributed by atoms with Gasteiger partial charge in [-0.15, -0.1) is 0 Å². The van der Waals surface area contributed by atoms with Gasteiger partial charge >= 0.3 is 6.08 Å². The van der Waals surface area contributed by atoms with Crippen molar-refractivity contribution in [1.29, 1.82) is 0 Å². The summed E-state index contributed by atoms with van der Waals surface area (Å²) in [4.78, 5) is 0. The fourth-order valence-electron chi connectivity index (χ4n) is 1.04. The van der Waals surface area contributed by atoms with Crippen LogP contribution in [0.4, 0.5) is 22.0 Å². The zero-order chi connectivity index (χ0) is 12.3. The van der Waals surface area contributed by atoms with Crippen LogP contribution >= 0.6 is 9.24 Å². The van der Waals surface area contributed by atoms with E-state index in [-0.39, 0.29) is 5.56 Å². The average Bonchev–Trinajstić information content (AvgIpc) is 2.26. The second kappa shape index (κ2) is 5.21. The third-order valence-corrected chi connectivity index (χ3v) is 2.00. The van der Waals surface area contributed by atoms with Crippen LogP contribution in [-0.2, 0) is 0 Å². The predicted octanol–water partition coefficient (Wildman–Crippen LogP) is 4.66. The summed E-state index contributed by atoms with van der Waals surface area (Å²) in [6.07, 6.45) is -2.51. The maximum Gasteiger partial charge on any atom is 0.306 e. The third kappa shape index (κ3) is 2.89. The van der Waals surface area contributed by atoms with Gasteiger partial charge in [0.2, 0.25) is 0 Å². The lowest BCUT2D eigenvalue weighted by Gasteiger charge is -2.01. The molecule has 0 aliphatic heterocycles. The Morgan fingerprint density at radius 2 is 1.38 bits per heavy atom. The molecule has 86 valence electrons. The van der Waals surface area contributed by atoms with E-state index < -0.39 is 28.9 Å². The molecule has 0 saturated heterocycles. The minimum Gasteiger partial charge on any atom is -0.204 e. The molecule has 0 heterocycles. The third-order valence-electron chi connectivity index (χ3n) is 1.75. The summed E-state index contributed by atoms with van der Waals surface area (Å²) in [5.41, 5.74) is -1.98. The molecule has 6 heteroatoms. The highest BCUT2D eigenvalue weighted by molar-refractivity contribution is 7.22. The molecule has 1 rings (SSSR count). The first-order valence-corrected chi connectivity index (χ1v) is 4.63. The number of hydrogen-bond donors (Lipinski definition) is 0. The quantitative estimate of drug-likeness (QED) is 0.530. The highest BCUT2D eigenvalue weighted by Gasteiger charge is 2.11. The van der Waals surface area contributed by atoms with Crippen LogP contribution in [0.2, 0.25) is 0 Å². The van der Waals surface area contributed by atoms with Crippen molar-refractivity contribution in [2.75, 3.05) is 0 Å². The molecular formula is C10H6F5P. The van der Waals surface area contributed by atoms with Crippen LogP contribution in [0.3, 0.4) is 0 Å². The molecule has 1 atom stereocenters. The van der Waals surface area contributed by atoms with Gasteiger partial charge in [-0.25, -0.2) is 13.2 Å². The van der Waals surface area contributed by atoms with Crippen LogP contribution in [0.15, 0.2) is 35.9 Å². The van der Waals surface area contributed by atoms with Gasteiger partial charge in [-0.05, 0) is 6.07 Å². The molecule has 0 radical (unpaired) electrons. The van der Waals surface area contributed by atoms with Gasteiger partial charge in [0.05, 0.1) is 0 Å².